The summed E-state index contributed by atoms with van der Waals surface area (Å²) in [5.41, 5.74) is 0.690. The van der Waals surface area contributed by atoms with E-state index >= 15 is 0 Å². The summed E-state index contributed by atoms with van der Waals surface area (Å²) in [4.78, 5) is 11.7. The van der Waals surface area contributed by atoms with Crippen molar-refractivity contribution in [1.29, 1.82) is 0 Å². The van der Waals surface area contributed by atoms with Gasteiger partial charge in [-0.05, 0) is 35.8 Å². The van der Waals surface area contributed by atoms with Crippen LogP contribution in [0.4, 0.5) is 4.39 Å². The van der Waals surface area contributed by atoms with Gasteiger partial charge in [-0.3, -0.25) is 4.79 Å². The quantitative estimate of drug-likeness (QED) is 0.756. The lowest BCUT2D eigenvalue weighted by Gasteiger charge is -1.99. The molecule has 0 spiro atoms. The number of carbonyl (C=O) groups is 1. The summed E-state index contributed by atoms with van der Waals surface area (Å²) in [6, 6.07) is 5.48. The zero-order valence-corrected chi connectivity index (χ0v) is 8.98. The summed E-state index contributed by atoms with van der Waals surface area (Å²) in [5.74, 6) is -0.787. The van der Waals surface area contributed by atoms with Crippen molar-refractivity contribution in [1.82, 2.24) is 4.37 Å². The largest absolute Gasteiger partial charge is 0.287 e. The minimum Gasteiger partial charge on any atom is -0.287 e. The van der Waals surface area contributed by atoms with Crippen LogP contribution < -0.4 is 0 Å². The highest BCUT2D eigenvalue weighted by Gasteiger charge is 2.12. The normalized spacial score (nSPS) is 10.3. The number of hydrogen-bond donors (Lipinski definition) is 0. The Labute approximate surface area is 94.5 Å². The number of aromatic nitrogens is 1. The van der Waals surface area contributed by atoms with Gasteiger partial charge in [0.15, 0.2) is 0 Å². The van der Waals surface area contributed by atoms with Crippen LogP contribution >= 0.6 is 23.1 Å². The maximum atomic E-state index is 12.8. The Morgan fingerprint density at radius 1 is 1.40 bits per heavy atom. The third kappa shape index (κ3) is 2.06. The zero-order chi connectivity index (χ0) is 10.8. The zero-order valence-electron chi connectivity index (χ0n) is 7.41. The SMILES string of the molecule is O=C(c1ccc(F)c(Cl)c1)c1ccsn1. The molecule has 0 N–H and O–H groups in total. The van der Waals surface area contributed by atoms with E-state index in [1.54, 1.807) is 11.4 Å². The number of benzene rings is 1. The Hall–Kier alpha value is -1.26. The van der Waals surface area contributed by atoms with E-state index in [9.17, 15) is 9.18 Å². The highest BCUT2D eigenvalue weighted by molar-refractivity contribution is 7.03. The fourth-order valence-electron chi connectivity index (χ4n) is 1.11. The molecule has 0 aliphatic carbocycles. The van der Waals surface area contributed by atoms with E-state index in [4.69, 9.17) is 11.6 Å². The van der Waals surface area contributed by atoms with E-state index < -0.39 is 5.82 Å². The highest BCUT2D eigenvalue weighted by Crippen LogP contribution is 2.18. The van der Waals surface area contributed by atoms with Crippen molar-refractivity contribution in [2.75, 3.05) is 0 Å². The molecule has 0 amide bonds. The van der Waals surface area contributed by atoms with E-state index in [0.29, 0.717) is 11.3 Å². The molecule has 0 saturated carbocycles. The van der Waals surface area contributed by atoms with Crippen LogP contribution in [0.3, 0.4) is 0 Å². The first-order chi connectivity index (χ1) is 7.18. The molecule has 0 bridgehead atoms. The first kappa shape index (κ1) is 10.3. The summed E-state index contributed by atoms with van der Waals surface area (Å²) in [6.07, 6.45) is 0. The highest BCUT2D eigenvalue weighted by atomic mass is 35.5. The second-order valence-electron chi connectivity index (χ2n) is 2.84. The fourth-order valence-corrected chi connectivity index (χ4v) is 1.80. The van der Waals surface area contributed by atoms with Crippen LogP contribution in [0.1, 0.15) is 16.1 Å². The molecule has 0 radical (unpaired) electrons. The number of nitrogens with zero attached hydrogens (tertiary/aromatic N) is 1. The van der Waals surface area contributed by atoms with Gasteiger partial charge in [-0.2, -0.15) is 4.37 Å². The Morgan fingerprint density at radius 2 is 2.20 bits per heavy atom. The summed E-state index contributed by atoms with van der Waals surface area (Å²) in [6.45, 7) is 0. The smallest absolute Gasteiger partial charge is 0.212 e. The van der Waals surface area contributed by atoms with Gasteiger partial charge >= 0.3 is 0 Å². The van der Waals surface area contributed by atoms with Crippen LogP contribution in [-0.4, -0.2) is 10.2 Å². The standard InChI is InChI=1S/C10H5ClFNOS/c11-7-5-6(1-2-8(7)12)10(14)9-3-4-15-13-9/h1-5H. The topological polar surface area (TPSA) is 30.0 Å². The molecule has 76 valence electrons. The molecule has 2 nitrogen and oxygen atoms in total. The molecule has 0 atom stereocenters. The van der Waals surface area contributed by atoms with Crippen molar-refractivity contribution < 1.29 is 9.18 Å². The molecule has 0 unspecified atom stereocenters. The number of ketones is 1. The summed E-state index contributed by atoms with van der Waals surface area (Å²) < 4.78 is 16.7. The van der Waals surface area contributed by atoms with Crippen LogP contribution in [0.15, 0.2) is 29.6 Å². The van der Waals surface area contributed by atoms with Crippen molar-refractivity contribution in [3.05, 3.63) is 51.7 Å². The van der Waals surface area contributed by atoms with Crippen molar-refractivity contribution in [3.8, 4) is 0 Å². The van der Waals surface area contributed by atoms with Gasteiger partial charge in [0.1, 0.15) is 11.5 Å². The van der Waals surface area contributed by atoms with E-state index in [0.717, 1.165) is 0 Å². The fraction of sp³-hybridized carbons (Fsp3) is 0. The maximum absolute atomic E-state index is 12.8. The lowest BCUT2D eigenvalue weighted by atomic mass is 10.1. The number of hydrogen-bond acceptors (Lipinski definition) is 3. The third-order valence-electron chi connectivity index (χ3n) is 1.85. The molecule has 0 fully saturated rings. The molecule has 15 heavy (non-hydrogen) atoms. The minimum absolute atomic E-state index is 0.0592. The van der Waals surface area contributed by atoms with Crippen LogP contribution in [-0.2, 0) is 0 Å². The molecule has 0 saturated heterocycles. The van der Waals surface area contributed by atoms with Crippen LogP contribution in [0.25, 0.3) is 0 Å². The maximum Gasteiger partial charge on any atom is 0.212 e. The van der Waals surface area contributed by atoms with E-state index in [-0.39, 0.29) is 10.8 Å². The van der Waals surface area contributed by atoms with E-state index in [2.05, 4.69) is 4.37 Å². The average Bonchev–Trinajstić information content (AvgIpc) is 2.74. The molecule has 5 heteroatoms. The molecule has 2 aromatic rings. The molecule has 1 aromatic heterocycles. The Balaban J connectivity index is 2.39. The van der Waals surface area contributed by atoms with Gasteiger partial charge in [-0.25, -0.2) is 4.39 Å². The van der Waals surface area contributed by atoms with Crippen molar-refractivity contribution in [3.63, 3.8) is 0 Å². The van der Waals surface area contributed by atoms with Crippen LogP contribution in [0, 0.1) is 5.82 Å². The predicted molar refractivity (Wildman–Crippen MR) is 57.0 cm³/mol. The number of carbonyl (C=O) groups excluding carboxylic acids is 1. The first-order valence-corrected chi connectivity index (χ1v) is 5.30. The second kappa shape index (κ2) is 4.08. The lowest BCUT2D eigenvalue weighted by Crippen LogP contribution is -2.01. The van der Waals surface area contributed by atoms with Gasteiger partial charge in [0.05, 0.1) is 5.02 Å². The summed E-state index contributed by atoms with van der Waals surface area (Å²) in [7, 11) is 0. The van der Waals surface area contributed by atoms with Crippen LogP contribution in [0.2, 0.25) is 5.02 Å². The minimum atomic E-state index is -0.536. The Bertz CT molecular complexity index is 498. The molecule has 1 heterocycles. The number of rotatable bonds is 2. The summed E-state index contributed by atoms with van der Waals surface area (Å²) >= 11 is 6.77. The van der Waals surface area contributed by atoms with Gasteiger partial charge in [0, 0.05) is 10.9 Å². The van der Waals surface area contributed by atoms with Gasteiger partial charge in [-0.1, -0.05) is 11.6 Å². The van der Waals surface area contributed by atoms with E-state index in [1.807, 2.05) is 0 Å². The Morgan fingerprint density at radius 3 is 2.80 bits per heavy atom. The van der Waals surface area contributed by atoms with Crippen molar-refractivity contribution in [2.24, 2.45) is 0 Å². The van der Waals surface area contributed by atoms with Gasteiger partial charge in [-0.15, -0.1) is 0 Å². The van der Waals surface area contributed by atoms with Crippen molar-refractivity contribution >= 4 is 28.9 Å². The van der Waals surface area contributed by atoms with E-state index in [1.165, 1.54) is 29.7 Å². The number of halogens is 2. The predicted octanol–water partition coefficient (Wildman–Crippen LogP) is 3.17. The van der Waals surface area contributed by atoms with Gasteiger partial charge in [0.2, 0.25) is 5.78 Å². The van der Waals surface area contributed by atoms with Gasteiger partial charge < -0.3 is 0 Å². The summed E-state index contributed by atoms with van der Waals surface area (Å²) in [5, 5.41) is 1.65. The molecular weight excluding hydrogens is 237 g/mol. The molecule has 1 aromatic carbocycles. The third-order valence-corrected chi connectivity index (χ3v) is 2.70. The molecular formula is C10H5ClFNOS. The first-order valence-electron chi connectivity index (χ1n) is 4.08. The van der Waals surface area contributed by atoms with Crippen molar-refractivity contribution in [2.45, 2.75) is 0 Å². The molecule has 2 rings (SSSR count). The average molecular weight is 242 g/mol. The molecule has 0 aliphatic heterocycles. The van der Waals surface area contributed by atoms with Gasteiger partial charge in [0.25, 0.3) is 0 Å². The van der Waals surface area contributed by atoms with Crippen LogP contribution in [0.5, 0.6) is 0 Å². The Kier molecular flexibility index (Phi) is 2.79. The second-order valence-corrected chi connectivity index (χ2v) is 3.92. The molecule has 0 aliphatic rings. The monoisotopic (exact) mass is 241 g/mol. The lowest BCUT2D eigenvalue weighted by molar-refractivity contribution is 0.103.